The molecule has 0 unspecified atom stereocenters. The summed E-state index contributed by atoms with van der Waals surface area (Å²) < 4.78 is 0. The second-order valence-electron chi connectivity index (χ2n) is 7.15. The van der Waals surface area contributed by atoms with Gasteiger partial charge < -0.3 is 35.5 Å². The molecule has 0 bridgehead atoms. The van der Waals surface area contributed by atoms with Gasteiger partial charge in [0, 0.05) is 11.1 Å². The van der Waals surface area contributed by atoms with Crippen LogP contribution in [0.4, 0.5) is 0 Å². The van der Waals surface area contributed by atoms with Gasteiger partial charge in [0.2, 0.25) is 0 Å². The van der Waals surface area contributed by atoms with E-state index in [1.807, 2.05) is 72.8 Å². The normalized spacial score (nSPS) is 11.6. The van der Waals surface area contributed by atoms with E-state index in [9.17, 15) is 10.2 Å². The van der Waals surface area contributed by atoms with Crippen LogP contribution >= 0.6 is 0 Å². The van der Waals surface area contributed by atoms with Crippen molar-refractivity contribution in [1.29, 1.82) is 0 Å². The first-order valence-electron chi connectivity index (χ1n) is 10.8. The monoisotopic (exact) mass is 573 g/mol. The van der Waals surface area contributed by atoms with E-state index >= 15 is 0 Å². The van der Waals surface area contributed by atoms with E-state index in [0.717, 1.165) is 11.1 Å². The van der Waals surface area contributed by atoms with E-state index in [-0.39, 0.29) is 28.6 Å². The molecule has 6 nitrogen and oxygen atoms in total. The van der Waals surface area contributed by atoms with Crippen molar-refractivity contribution in [2.45, 2.75) is 0 Å². The molecule has 0 amide bonds. The largest absolute Gasteiger partial charge is 2.00 e. The van der Waals surface area contributed by atoms with Crippen molar-refractivity contribution in [3.8, 4) is 11.5 Å². The quantitative estimate of drug-likeness (QED) is 0.106. The van der Waals surface area contributed by atoms with Crippen molar-refractivity contribution in [3.05, 3.63) is 131 Å². The third-order valence-corrected chi connectivity index (χ3v) is 5.24. The van der Waals surface area contributed by atoms with Crippen LogP contribution in [0.5, 0.6) is 11.5 Å². The van der Waals surface area contributed by atoms with E-state index < -0.39 is 0 Å². The fraction of sp³-hybridized carbons (Fsp3) is 0. The molecule has 0 aliphatic rings. The summed E-state index contributed by atoms with van der Waals surface area (Å²) >= 11 is 10.3. The van der Waals surface area contributed by atoms with Gasteiger partial charge in [0.05, 0.1) is 12.4 Å². The summed E-state index contributed by atoms with van der Waals surface area (Å²) in [5.41, 5.74) is 2.91. The molecule has 0 atom stereocenters. The molecule has 0 aliphatic carbocycles. The molecule has 2 N–H and O–H groups in total. The topological polar surface area (TPSA) is 89.9 Å². The third kappa shape index (κ3) is 9.95. The number of hydrogen-bond acceptors (Lipinski definition) is 8. The summed E-state index contributed by atoms with van der Waals surface area (Å²) in [4.78, 5) is 0. The molecule has 189 valence electrons. The Morgan fingerprint density at radius 3 is 1.19 bits per heavy atom. The van der Waals surface area contributed by atoms with E-state index in [2.05, 4.69) is 20.4 Å². The zero-order valence-corrected chi connectivity index (χ0v) is 21.9. The Morgan fingerprint density at radius 1 is 0.514 bits per heavy atom. The van der Waals surface area contributed by atoms with Gasteiger partial charge in [0.25, 0.3) is 0 Å². The Hall–Kier alpha value is -3.88. The Morgan fingerprint density at radius 2 is 0.838 bits per heavy atom. The Kier molecular flexibility index (Phi) is 12.7. The van der Waals surface area contributed by atoms with Gasteiger partial charge in [-0.05, 0) is 35.4 Å². The third-order valence-electron chi connectivity index (χ3n) is 4.61. The number of rotatable bonds is 6. The van der Waals surface area contributed by atoms with Crippen LogP contribution in [0.25, 0.3) is 0 Å². The van der Waals surface area contributed by atoms with Gasteiger partial charge in [-0.1, -0.05) is 95.0 Å². The zero-order chi connectivity index (χ0) is 25.6. The Labute approximate surface area is 237 Å². The molecule has 0 fully saturated rings. The first-order valence-corrected chi connectivity index (χ1v) is 11.6. The molecular formula is C28H22CuN4O2S2. The molecular weight excluding hydrogens is 552 g/mol. The summed E-state index contributed by atoms with van der Waals surface area (Å²) in [6, 6.07) is 32.7. The van der Waals surface area contributed by atoms with Gasteiger partial charge in [-0.15, -0.1) is 0 Å². The number of aromatic hydroxyl groups is 2. The number of para-hydroxylation sites is 2. The molecule has 0 heterocycles. The van der Waals surface area contributed by atoms with Crippen LogP contribution in [0.3, 0.4) is 0 Å². The maximum absolute atomic E-state index is 9.53. The molecule has 9 heteroatoms. The standard InChI is InChI=1S/2C14H12N2OS.Cu/c2*17-13-9-5-4-8-12(13)10-15-16-14(18)11-6-2-1-3-7-11;/h2*1-10,17H,(H,16,18);/q;;+2/p-2/b15-10+;15-10-;. The smallest absolute Gasteiger partial charge is 0.758 e. The summed E-state index contributed by atoms with van der Waals surface area (Å²) in [7, 11) is 0. The molecule has 4 rings (SSSR count). The van der Waals surface area contributed by atoms with Crippen LogP contribution in [0.15, 0.2) is 130 Å². The average Bonchev–Trinajstić information content (AvgIpc) is 2.92. The van der Waals surface area contributed by atoms with E-state index in [1.54, 1.807) is 36.4 Å². The summed E-state index contributed by atoms with van der Waals surface area (Å²) in [5, 5.41) is 35.5. The van der Waals surface area contributed by atoms with Crippen LogP contribution in [-0.4, -0.2) is 32.7 Å². The molecule has 0 saturated carbocycles. The molecule has 0 saturated heterocycles. The number of phenolic OH excluding ortho intramolecular Hbond substituents is 2. The Balaban J connectivity index is 0.000000253. The fourth-order valence-electron chi connectivity index (χ4n) is 2.76. The van der Waals surface area contributed by atoms with Gasteiger partial charge in [-0.25, -0.2) is 0 Å². The number of phenols is 2. The number of hydrogen-bond donors (Lipinski definition) is 2. The van der Waals surface area contributed by atoms with Gasteiger partial charge in [-0.2, -0.15) is 20.4 Å². The fourth-order valence-corrected chi connectivity index (χ4v) is 3.12. The van der Waals surface area contributed by atoms with Crippen LogP contribution < -0.4 is 0 Å². The second-order valence-corrected chi connectivity index (χ2v) is 7.92. The van der Waals surface area contributed by atoms with Crippen LogP contribution in [0, 0.1) is 0 Å². The second kappa shape index (κ2) is 16.0. The molecule has 0 spiro atoms. The number of nitrogens with zero attached hydrogens (tertiary/aromatic N) is 4. The maximum Gasteiger partial charge on any atom is 2.00 e. The van der Waals surface area contributed by atoms with Crippen LogP contribution in [0.1, 0.15) is 22.3 Å². The summed E-state index contributed by atoms with van der Waals surface area (Å²) in [5.74, 6) is 0.337. The maximum atomic E-state index is 9.53. The predicted octanol–water partition coefficient (Wildman–Crippen LogP) is 5.44. The summed E-state index contributed by atoms with van der Waals surface area (Å²) in [6.45, 7) is 0. The SMILES string of the molecule is Oc1ccccc1/C=N/N=C(\[S-])c1ccccc1.Oc1ccccc1/C=N\N=C(/[S-])c1ccccc1.[Cu+2]. The van der Waals surface area contributed by atoms with Crippen molar-refractivity contribution in [2.75, 3.05) is 0 Å². The predicted molar refractivity (Wildman–Crippen MR) is 152 cm³/mol. The van der Waals surface area contributed by atoms with Crippen LogP contribution in [0.2, 0.25) is 0 Å². The molecule has 37 heavy (non-hydrogen) atoms. The van der Waals surface area contributed by atoms with Gasteiger partial charge >= 0.3 is 17.1 Å². The number of benzene rings is 4. The Bertz CT molecular complexity index is 1270. The van der Waals surface area contributed by atoms with Crippen molar-refractivity contribution in [1.82, 2.24) is 0 Å². The molecule has 4 aromatic carbocycles. The minimum Gasteiger partial charge on any atom is -0.758 e. The van der Waals surface area contributed by atoms with Crippen molar-refractivity contribution < 1.29 is 27.3 Å². The van der Waals surface area contributed by atoms with Gasteiger partial charge in [-0.3, -0.25) is 0 Å². The molecule has 0 aromatic heterocycles. The van der Waals surface area contributed by atoms with Crippen molar-refractivity contribution in [3.63, 3.8) is 0 Å². The molecule has 0 aliphatic heterocycles. The zero-order valence-electron chi connectivity index (χ0n) is 19.3. The molecule has 4 aromatic rings. The van der Waals surface area contributed by atoms with Gasteiger partial charge in [0.1, 0.15) is 11.5 Å². The van der Waals surface area contributed by atoms with Crippen molar-refractivity contribution >= 4 is 47.8 Å². The summed E-state index contributed by atoms with van der Waals surface area (Å²) in [6.07, 6.45) is 2.95. The van der Waals surface area contributed by atoms with Gasteiger partial charge in [0.15, 0.2) is 0 Å². The first-order chi connectivity index (χ1) is 17.5. The average molecular weight is 574 g/mol. The van der Waals surface area contributed by atoms with E-state index in [1.165, 1.54) is 12.4 Å². The van der Waals surface area contributed by atoms with E-state index in [0.29, 0.717) is 21.2 Å². The molecule has 1 radical (unpaired) electrons. The minimum atomic E-state index is 0. The first kappa shape index (κ1) is 29.4. The minimum absolute atomic E-state index is 0. The van der Waals surface area contributed by atoms with E-state index in [4.69, 9.17) is 25.3 Å². The van der Waals surface area contributed by atoms with Crippen molar-refractivity contribution in [2.24, 2.45) is 20.4 Å². The van der Waals surface area contributed by atoms with Crippen LogP contribution in [-0.2, 0) is 42.3 Å².